The summed E-state index contributed by atoms with van der Waals surface area (Å²) in [6, 6.07) is 8.78. The highest BCUT2D eigenvalue weighted by Gasteiger charge is 2.43. The summed E-state index contributed by atoms with van der Waals surface area (Å²) in [7, 11) is -0.125. The van der Waals surface area contributed by atoms with Crippen LogP contribution >= 0.6 is 7.92 Å². The molecule has 1 aliphatic heterocycles. The summed E-state index contributed by atoms with van der Waals surface area (Å²) in [6.45, 7) is 4.47. The van der Waals surface area contributed by atoms with Crippen molar-refractivity contribution in [2.45, 2.75) is 82.7 Å². The topological polar surface area (TPSA) is 17.1 Å². The van der Waals surface area contributed by atoms with Gasteiger partial charge in [-0.2, -0.15) is 0 Å². The van der Waals surface area contributed by atoms with Crippen molar-refractivity contribution in [3.8, 4) is 0 Å². The van der Waals surface area contributed by atoms with E-state index < -0.39 is 0 Å². The van der Waals surface area contributed by atoms with Crippen LogP contribution in [0.25, 0.3) is 0 Å². The monoisotopic (exact) mass is 344 g/mol. The van der Waals surface area contributed by atoms with Crippen molar-refractivity contribution < 1.29 is 4.79 Å². The van der Waals surface area contributed by atoms with Gasteiger partial charge >= 0.3 is 0 Å². The smallest absolute Gasteiger partial charge is 0.173 e. The Morgan fingerprint density at radius 2 is 1.54 bits per heavy atom. The summed E-state index contributed by atoms with van der Waals surface area (Å²) < 4.78 is 0. The third kappa shape index (κ3) is 3.48. The minimum absolute atomic E-state index is 0.0574. The van der Waals surface area contributed by atoms with Gasteiger partial charge in [-0.3, -0.25) is 4.79 Å². The average molecular weight is 344 g/mol. The van der Waals surface area contributed by atoms with Gasteiger partial charge < -0.3 is 0 Å². The van der Waals surface area contributed by atoms with Crippen molar-refractivity contribution in [2.24, 2.45) is 0 Å². The van der Waals surface area contributed by atoms with Crippen LogP contribution < -0.4 is 0 Å². The van der Waals surface area contributed by atoms with Crippen LogP contribution in [0, 0.1) is 0 Å². The van der Waals surface area contributed by atoms with Crippen LogP contribution in [-0.4, -0.2) is 23.3 Å². The lowest BCUT2D eigenvalue weighted by Gasteiger charge is -2.37. The zero-order valence-corrected chi connectivity index (χ0v) is 16.4. The van der Waals surface area contributed by atoms with Crippen LogP contribution in [0.15, 0.2) is 24.3 Å². The number of hydrogen-bond donors (Lipinski definition) is 0. The molecule has 0 spiro atoms. The fourth-order valence-corrected chi connectivity index (χ4v) is 8.52. The van der Waals surface area contributed by atoms with Gasteiger partial charge in [0.1, 0.15) is 0 Å². The molecule has 2 heteroatoms. The Morgan fingerprint density at radius 3 is 2.08 bits per heavy atom. The summed E-state index contributed by atoms with van der Waals surface area (Å²) in [5, 5.41) is -0.0574. The van der Waals surface area contributed by atoms with Gasteiger partial charge in [-0.1, -0.05) is 65.3 Å². The van der Waals surface area contributed by atoms with Crippen molar-refractivity contribution in [1.82, 2.24) is 0 Å². The molecule has 1 heterocycles. The fraction of sp³-hybridized carbons (Fsp3) is 0.682. The third-order valence-electron chi connectivity index (χ3n) is 6.55. The van der Waals surface area contributed by atoms with E-state index in [1.54, 1.807) is 0 Å². The number of hydrogen-bond acceptors (Lipinski definition) is 1. The van der Waals surface area contributed by atoms with Crippen molar-refractivity contribution >= 4 is 13.7 Å². The molecule has 1 saturated carbocycles. The largest absolute Gasteiger partial charge is 0.293 e. The van der Waals surface area contributed by atoms with E-state index in [0.717, 1.165) is 24.3 Å². The summed E-state index contributed by atoms with van der Waals surface area (Å²) in [4.78, 5) is 13.4. The molecule has 1 aromatic carbocycles. The van der Waals surface area contributed by atoms with Gasteiger partial charge in [0.05, 0.1) is 5.16 Å². The van der Waals surface area contributed by atoms with Gasteiger partial charge in [-0.25, -0.2) is 0 Å². The quantitative estimate of drug-likeness (QED) is 0.412. The Balaban J connectivity index is 1.79. The second kappa shape index (κ2) is 8.13. The Labute approximate surface area is 149 Å². The van der Waals surface area contributed by atoms with Gasteiger partial charge in [-0.05, 0) is 62.3 Å². The minimum Gasteiger partial charge on any atom is -0.293 e. The second-order valence-electron chi connectivity index (χ2n) is 7.72. The van der Waals surface area contributed by atoms with Crippen molar-refractivity contribution in [2.75, 3.05) is 12.3 Å². The Morgan fingerprint density at radius 1 is 0.958 bits per heavy atom. The van der Waals surface area contributed by atoms with E-state index in [2.05, 4.69) is 38.1 Å². The zero-order valence-electron chi connectivity index (χ0n) is 15.5. The maximum Gasteiger partial charge on any atom is 0.173 e. The molecule has 0 unspecified atom stereocenters. The van der Waals surface area contributed by atoms with Crippen molar-refractivity contribution in [3.63, 3.8) is 0 Å². The Kier molecular flexibility index (Phi) is 6.14. The Hall–Kier alpha value is -0.680. The second-order valence-corrected chi connectivity index (χ2v) is 10.5. The third-order valence-corrected chi connectivity index (χ3v) is 10.3. The SMILES string of the molecule is CCC(CC)(C(=O)c1ccc(C2CCCCC2)cc1)P1CCCC1. The van der Waals surface area contributed by atoms with Crippen LogP contribution in [0.3, 0.4) is 0 Å². The van der Waals surface area contributed by atoms with Crippen molar-refractivity contribution in [1.29, 1.82) is 0 Å². The molecule has 2 aliphatic rings. The highest BCUT2D eigenvalue weighted by molar-refractivity contribution is 7.60. The molecule has 1 aliphatic carbocycles. The van der Waals surface area contributed by atoms with Crippen LogP contribution in [0.1, 0.15) is 93.5 Å². The van der Waals surface area contributed by atoms with Crippen LogP contribution in [0.5, 0.6) is 0 Å². The first kappa shape index (κ1) is 18.1. The van der Waals surface area contributed by atoms with Gasteiger partial charge in [0, 0.05) is 5.56 Å². The number of carbonyl (C=O) groups is 1. The normalized spacial score (nSPS) is 20.4. The zero-order chi connectivity index (χ0) is 17.0. The number of benzene rings is 1. The molecule has 0 aromatic heterocycles. The van der Waals surface area contributed by atoms with E-state index in [0.29, 0.717) is 5.78 Å². The number of Topliss-reactive ketones (excluding diaryl/α,β-unsaturated/α-hetero) is 1. The summed E-state index contributed by atoms with van der Waals surface area (Å²) in [5.74, 6) is 1.17. The molecule has 1 saturated heterocycles. The molecule has 1 aromatic rings. The van der Waals surface area contributed by atoms with Gasteiger partial charge in [-0.15, -0.1) is 0 Å². The molecule has 0 atom stereocenters. The highest BCUT2D eigenvalue weighted by atomic mass is 31.1. The fourth-order valence-electron chi connectivity index (χ4n) is 4.92. The van der Waals surface area contributed by atoms with E-state index >= 15 is 0 Å². The molecule has 0 bridgehead atoms. The average Bonchev–Trinajstić information content (AvgIpc) is 3.19. The Bertz CT molecular complexity index is 532. The van der Waals surface area contributed by atoms with E-state index in [9.17, 15) is 4.79 Å². The van der Waals surface area contributed by atoms with Crippen LogP contribution in [-0.2, 0) is 0 Å². The molecule has 3 rings (SSSR count). The standard InChI is InChI=1S/C22H33OP/c1-3-22(4-2,24-16-8-9-17-24)21(23)20-14-12-19(13-15-20)18-10-6-5-7-11-18/h12-15,18H,3-11,16-17H2,1-2H3. The molecule has 1 nitrogen and oxygen atoms in total. The maximum atomic E-state index is 13.4. The van der Waals surface area contributed by atoms with Gasteiger partial charge in [0.15, 0.2) is 5.78 Å². The van der Waals surface area contributed by atoms with E-state index in [1.807, 2.05) is 0 Å². The molecular weight excluding hydrogens is 311 g/mol. The van der Waals surface area contributed by atoms with E-state index in [4.69, 9.17) is 0 Å². The first-order valence-electron chi connectivity index (χ1n) is 10.1. The van der Waals surface area contributed by atoms with Crippen molar-refractivity contribution in [3.05, 3.63) is 35.4 Å². The van der Waals surface area contributed by atoms with E-state index in [1.165, 1.54) is 62.8 Å². The number of ketones is 1. The molecule has 0 amide bonds. The lowest BCUT2D eigenvalue weighted by atomic mass is 9.83. The molecule has 0 radical (unpaired) electrons. The maximum absolute atomic E-state index is 13.4. The predicted octanol–water partition coefficient (Wildman–Crippen LogP) is 6.75. The lowest BCUT2D eigenvalue weighted by molar-refractivity contribution is 0.0934. The number of rotatable bonds is 6. The van der Waals surface area contributed by atoms with Gasteiger partial charge in [0.25, 0.3) is 0 Å². The summed E-state index contributed by atoms with van der Waals surface area (Å²) in [6.07, 6.45) is 14.1. The molecular formula is C22H33OP. The summed E-state index contributed by atoms with van der Waals surface area (Å²) >= 11 is 0. The lowest BCUT2D eigenvalue weighted by Crippen LogP contribution is -2.36. The first-order chi connectivity index (χ1) is 11.7. The molecule has 132 valence electrons. The van der Waals surface area contributed by atoms with Crippen LogP contribution in [0.4, 0.5) is 0 Å². The molecule has 0 N–H and O–H groups in total. The van der Waals surface area contributed by atoms with Crippen LogP contribution in [0.2, 0.25) is 0 Å². The number of carbonyl (C=O) groups excluding carboxylic acids is 1. The minimum atomic E-state index is -0.125. The van der Waals surface area contributed by atoms with Gasteiger partial charge in [0.2, 0.25) is 0 Å². The van der Waals surface area contributed by atoms with E-state index in [-0.39, 0.29) is 13.1 Å². The molecule has 2 fully saturated rings. The summed E-state index contributed by atoms with van der Waals surface area (Å²) in [5.41, 5.74) is 2.42. The molecule has 24 heavy (non-hydrogen) atoms. The predicted molar refractivity (Wildman–Crippen MR) is 106 cm³/mol. The highest BCUT2D eigenvalue weighted by Crippen LogP contribution is 2.59. The first-order valence-corrected chi connectivity index (χ1v) is 11.8.